The van der Waals surface area contributed by atoms with Crippen molar-refractivity contribution in [2.45, 2.75) is 27.2 Å². The summed E-state index contributed by atoms with van der Waals surface area (Å²) in [6.45, 7) is 5.94. The van der Waals surface area contributed by atoms with E-state index in [0.29, 0.717) is 12.5 Å². The van der Waals surface area contributed by atoms with E-state index in [2.05, 4.69) is 5.32 Å². The number of anilines is 1. The van der Waals surface area contributed by atoms with E-state index in [-0.39, 0.29) is 30.5 Å². The van der Waals surface area contributed by atoms with E-state index >= 15 is 0 Å². The van der Waals surface area contributed by atoms with E-state index < -0.39 is 11.6 Å². The van der Waals surface area contributed by atoms with E-state index in [9.17, 15) is 18.4 Å². The first kappa shape index (κ1) is 17.1. The molecule has 0 bridgehead atoms. The van der Waals surface area contributed by atoms with Crippen LogP contribution < -0.4 is 10.2 Å². The molecule has 0 saturated carbocycles. The van der Waals surface area contributed by atoms with Crippen molar-refractivity contribution in [1.82, 2.24) is 5.32 Å². The lowest BCUT2D eigenvalue weighted by Gasteiger charge is -2.21. The zero-order chi connectivity index (χ0) is 16.0. The zero-order valence-corrected chi connectivity index (χ0v) is 12.5. The average Bonchev–Trinajstić information content (AvgIpc) is 2.40. The van der Waals surface area contributed by atoms with Gasteiger partial charge in [-0.2, -0.15) is 0 Å². The van der Waals surface area contributed by atoms with Crippen LogP contribution in [0.2, 0.25) is 0 Å². The minimum atomic E-state index is -1.02. The predicted molar refractivity (Wildman–Crippen MR) is 76.8 cm³/mol. The Hall–Kier alpha value is -1.98. The van der Waals surface area contributed by atoms with Gasteiger partial charge in [0, 0.05) is 38.2 Å². The van der Waals surface area contributed by atoms with Crippen LogP contribution in [-0.4, -0.2) is 24.9 Å². The highest BCUT2D eigenvalue weighted by Crippen LogP contribution is 2.18. The van der Waals surface area contributed by atoms with E-state index in [1.54, 1.807) is 0 Å². The molecule has 0 spiro atoms. The molecule has 0 radical (unpaired) electrons. The van der Waals surface area contributed by atoms with Crippen molar-refractivity contribution < 1.29 is 18.4 Å². The maximum Gasteiger partial charge on any atom is 0.223 e. The average molecular weight is 298 g/mol. The Labute approximate surface area is 123 Å². The van der Waals surface area contributed by atoms with Gasteiger partial charge in [0.2, 0.25) is 11.8 Å². The number of rotatable bonds is 6. The Kier molecular flexibility index (Phi) is 6.27. The van der Waals surface area contributed by atoms with Crippen LogP contribution in [0.5, 0.6) is 0 Å². The zero-order valence-electron chi connectivity index (χ0n) is 12.5. The van der Waals surface area contributed by atoms with Crippen LogP contribution >= 0.6 is 0 Å². The van der Waals surface area contributed by atoms with Crippen molar-refractivity contribution in [1.29, 1.82) is 0 Å². The number of hydrogen-bond acceptors (Lipinski definition) is 2. The van der Waals surface area contributed by atoms with Crippen molar-refractivity contribution in [3.63, 3.8) is 0 Å². The number of carbonyl (C=O) groups is 2. The maximum atomic E-state index is 13.2. The van der Waals surface area contributed by atoms with Gasteiger partial charge in [0.25, 0.3) is 0 Å². The molecule has 0 fully saturated rings. The van der Waals surface area contributed by atoms with Crippen molar-refractivity contribution in [2.24, 2.45) is 5.92 Å². The number of amides is 2. The van der Waals surface area contributed by atoms with Gasteiger partial charge in [-0.25, -0.2) is 8.78 Å². The molecule has 0 unspecified atom stereocenters. The Morgan fingerprint density at radius 1 is 1.24 bits per heavy atom. The molecule has 1 aromatic carbocycles. The molecule has 0 saturated heterocycles. The molecule has 0 atom stereocenters. The molecule has 6 heteroatoms. The minimum absolute atomic E-state index is 0.102. The fraction of sp³-hybridized carbons (Fsp3) is 0.467. The van der Waals surface area contributed by atoms with Crippen LogP contribution in [0, 0.1) is 17.6 Å². The minimum Gasteiger partial charge on any atom is -0.356 e. The van der Waals surface area contributed by atoms with Crippen LogP contribution in [0.4, 0.5) is 14.5 Å². The van der Waals surface area contributed by atoms with Crippen LogP contribution in [0.3, 0.4) is 0 Å². The number of nitrogens with one attached hydrogen (secondary N) is 1. The first-order valence-corrected chi connectivity index (χ1v) is 6.81. The van der Waals surface area contributed by atoms with Gasteiger partial charge >= 0.3 is 0 Å². The van der Waals surface area contributed by atoms with Crippen LogP contribution in [0.25, 0.3) is 0 Å². The number of nitrogens with zero attached hydrogens (tertiary/aromatic N) is 1. The first-order valence-electron chi connectivity index (χ1n) is 6.81. The molecule has 21 heavy (non-hydrogen) atoms. The summed E-state index contributed by atoms with van der Waals surface area (Å²) in [5.41, 5.74) is 0.234. The molecular formula is C15H20F2N2O2. The lowest BCUT2D eigenvalue weighted by Crippen LogP contribution is -2.35. The quantitative estimate of drug-likeness (QED) is 0.877. The highest BCUT2D eigenvalue weighted by molar-refractivity contribution is 5.92. The summed E-state index contributed by atoms with van der Waals surface area (Å²) in [4.78, 5) is 24.5. The summed E-state index contributed by atoms with van der Waals surface area (Å²) in [5, 5.41) is 2.74. The third-order valence-electron chi connectivity index (χ3n) is 2.86. The summed E-state index contributed by atoms with van der Waals surface area (Å²) >= 11 is 0. The van der Waals surface area contributed by atoms with Crippen LogP contribution in [0.1, 0.15) is 27.2 Å². The van der Waals surface area contributed by atoms with Gasteiger partial charge in [0.1, 0.15) is 0 Å². The molecule has 0 aliphatic heterocycles. The summed E-state index contributed by atoms with van der Waals surface area (Å²) in [6, 6.07) is 3.22. The third kappa shape index (κ3) is 5.49. The Morgan fingerprint density at radius 2 is 1.90 bits per heavy atom. The monoisotopic (exact) mass is 298 g/mol. The van der Waals surface area contributed by atoms with Gasteiger partial charge in [0.05, 0.1) is 0 Å². The molecule has 0 heterocycles. The maximum absolute atomic E-state index is 13.2. The molecular weight excluding hydrogens is 278 g/mol. The predicted octanol–water partition coefficient (Wildman–Crippen LogP) is 2.48. The molecule has 1 rings (SSSR count). The largest absolute Gasteiger partial charge is 0.356 e. The highest BCUT2D eigenvalue weighted by Gasteiger charge is 2.15. The van der Waals surface area contributed by atoms with Crippen molar-refractivity contribution in [2.75, 3.05) is 18.0 Å². The molecule has 1 N–H and O–H groups in total. The summed E-state index contributed by atoms with van der Waals surface area (Å²) < 4.78 is 26.1. The lowest BCUT2D eigenvalue weighted by atomic mass is 10.2. The van der Waals surface area contributed by atoms with Crippen molar-refractivity contribution >= 4 is 17.5 Å². The van der Waals surface area contributed by atoms with Gasteiger partial charge in [-0.1, -0.05) is 13.8 Å². The van der Waals surface area contributed by atoms with E-state index in [4.69, 9.17) is 0 Å². The third-order valence-corrected chi connectivity index (χ3v) is 2.86. The number of benzene rings is 1. The molecule has 2 amide bonds. The smallest absolute Gasteiger partial charge is 0.223 e. The Balaban J connectivity index is 2.68. The van der Waals surface area contributed by atoms with Crippen molar-refractivity contribution in [3.05, 3.63) is 29.8 Å². The highest BCUT2D eigenvalue weighted by atomic mass is 19.2. The van der Waals surface area contributed by atoms with Crippen LogP contribution in [0.15, 0.2) is 18.2 Å². The normalized spacial score (nSPS) is 10.6. The van der Waals surface area contributed by atoms with Gasteiger partial charge in [-0.3, -0.25) is 9.59 Å². The van der Waals surface area contributed by atoms with Gasteiger partial charge in [-0.15, -0.1) is 0 Å². The molecule has 0 aliphatic rings. The molecule has 0 aliphatic carbocycles. The summed E-state index contributed by atoms with van der Waals surface area (Å²) in [7, 11) is 0. The second kappa shape index (κ2) is 7.71. The van der Waals surface area contributed by atoms with Gasteiger partial charge in [-0.05, 0) is 18.1 Å². The SMILES string of the molecule is CC(=O)N(CCC(=O)NCC(C)C)c1ccc(F)c(F)c1. The van der Waals surface area contributed by atoms with Gasteiger partial charge < -0.3 is 10.2 Å². The molecule has 116 valence electrons. The van der Waals surface area contributed by atoms with Gasteiger partial charge in [0.15, 0.2) is 11.6 Å². The molecule has 0 aromatic heterocycles. The topological polar surface area (TPSA) is 49.4 Å². The van der Waals surface area contributed by atoms with E-state index in [0.717, 1.165) is 12.1 Å². The Bertz CT molecular complexity index is 518. The summed E-state index contributed by atoms with van der Waals surface area (Å²) in [5.74, 6) is -2.18. The second-order valence-corrected chi connectivity index (χ2v) is 5.22. The second-order valence-electron chi connectivity index (χ2n) is 5.22. The summed E-state index contributed by atoms with van der Waals surface area (Å²) in [6.07, 6.45) is 0.102. The first-order chi connectivity index (χ1) is 9.81. The van der Waals surface area contributed by atoms with Crippen LogP contribution in [-0.2, 0) is 9.59 Å². The fourth-order valence-electron chi connectivity index (χ4n) is 1.74. The molecule has 4 nitrogen and oxygen atoms in total. The van der Waals surface area contributed by atoms with E-state index in [1.807, 2.05) is 13.8 Å². The number of halogens is 2. The molecule has 1 aromatic rings. The number of carbonyl (C=O) groups excluding carboxylic acids is 2. The lowest BCUT2D eigenvalue weighted by molar-refractivity contribution is -0.121. The van der Waals surface area contributed by atoms with Crippen molar-refractivity contribution in [3.8, 4) is 0 Å². The Morgan fingerprint density at radius 3 is 2.43 bits per heavy atom. The fourth-order valence-corrected chi connectivity index (χ4v) is 1.74. The van der Waals surface area contributed by atoms with E-state index in [1.165, 1.54) is 17.9 Å². The standard InChI is InChI=1S/C15H20F2N2O2/c1-10(2)9-18-15(21)6-7-19(11(3)20)12-4-5-13(16)14(17)8-12/h4-5,8,10H,6-7,9H2,1-3H3,(H,18,21). The number of hydrogen-bond donors (Lipinski definition) is 1.